The standard InChI is InChI=1S/C21H16F2IN/c1-21(2)15-6-4-3-5-14(15)18-16(24)9-7-12(19(18)21)11-13-8-10-17(22)25-20(13)23/h3-10H,11H2,1-2H3. The van der Waals surface area contributed by atoms with Gasteiger partial charge in [0.2, 0.25) is 11.9 Å². The minimum Gasteiger partial charge on any atom is -0.190 e. The van der Waals surface area contributed by atoms with Gasteiger partial charge in [-0.1, -0.05) is 44.2 Å². The van der Waals surface area contributed by atoms with E-state index < -0.39 is 11.9 Å². The first-order chi connectivity index (χ1) is 11.9. The van der Waals surface area contributed by atoms with Gasteiger partial charge in [-0.25, -0.2) is 0 Å². The molecule has 0 atom stereocenters. The number of hydrogen-bond acceptors (Lipinski definition) is 1. The SMILES string of the molecule is CC1(C)c2ccccc2-c2c(I)ccc(Cc3ccc(F)nc3F)c21. The molecular weight excluding hydrogens is 431 g/mol. The van der Waals surface area contributed by atoms with Crippen LogP contribution < -0.4 is 0 Å². The first-order valence-electron chi connectivity index (χ1n) is 8.12. The van der Waals surface area contributed by atoms with E-state index in [4.69, 9.17) is 0 Å². The van der Waals surface area contributed by atoms with Gasteiger partial charge in [-0.15, -0.1) is 0 Å². The van der Waals surface area contributed by atoms with Gasteiger partial charge in [-0.2, -0.15) is 13.8 Å². The number of fused-ring (bicyclic) bond motifs is 3. The Morgan fingerprint density at radius 3 is 2.44 bits per heavy atom. The number of rotatable bonds is 2. The molecule has 0 bridgehead atoms. The normalized spacial score (nSPS) is 14.3. The third-order valence-electron chi connectivity index (χ3n) is 5.01. The van der Waals surface area contributed by atoms with Crippen molar-refractivity contribution in [1.82, 2.24) is 4.98 Å². The maximum Gasteiger partial charge on any atom is 0.219 e. The average Bonchev–Trinajstić information content (AvgIpc) is 2.82. The van der Waals surface area contributed by atoms with E-state index in [1.165, 1.54) is 38.0 Å². The molecule has 0 radical (unpaired) electrons. The average molecular weight is 447 g/mol. The predicted molar refractivity (Wildman–Crippen MR) is 104 cm³/mol. The summed E-state index contributed by atoms with van der Waals surface area (Å²) in [4.78, 5) is 3.32. The Balaban J connectivity index is 1.91. The number of halogens is 3. The second-order valence-electron chi connectivity index (χ2n) is 6.89. The number of aromatic nitrogens is 1. The van der Waals surface area contributed by atoms with E-state index in [9.17, 15) is 8.78 Å². The Bertz CT molecular complexity index is 995. The second kappa shape index (κ2) is 5.87. The fourth-order valence-corrected chi connectivity index (χ4v) is 4.64. The molecule has 25 heavy (non-hydrogen) atoms. The first-order valence-corrected chi connectivity index (χ1v) is 9.20. The lowest BCUT2D eigenvalue weighted by molar-refractivity contribution is 0.504. The van der Waals surface area contributed by atoms with Gasteiger partial charge >= 0.3 is 0 Å². The van der Waals surface area contributed by atoms with Crippen LogP contribution in [-0.2, 0) is 11.8 Å². The molecule has 0 spiro atoms. The van der Waals surface area contributed by atoms with Crippen molar-refractivity contribution < 1.29 is 8.78 Å². The van der Waals surface area contributed by atoms with E-state index in [-0.39, 0.29) is 5.41 Å². The van der Waals surface area contributed by atoms with Gasteiger partial charge in [-0.3, -0.25) is 0 Å². The minimum atomic E-state index is -0.790. The molecule has 126 valence electrons. The maximum absolute atomic E-state index is 14.1. The van der Waals surface area contributed by atoms with E-state index in [1.807, 2.05) is 0 Å². The van der Waals surface area contributed by atoms with E-state index in [0.29, 0.717) is 12.0 Å². The van der Waals surface area contributed by atoms with Crippen molar-refractivity contribution >= 4 is 22.6 Å². The molecule has 0 saturated carbocycles. The lowest BCUT2D eigenvalue weighted by Gasteiger charge is -2.24. The van der Waals surface area contributed by atoms with Crippen LogP contribution in [0.2, 0.25) is 0 Å². The Morgan fingerprint density at radius 2 is 1.68 bits per heavy atom. The van der Waals surface area contributed by atoms with E-state index in [1.54, 1.807) is 0 Å². The molecule has 0 saturated heterocycles. The molecule has 1 heterocycles. The summed E-state index contributed by atoms with van der Waals surface area (Å²) in [5.74, 6) is -1.53. The lowest BCUT2D eigenvalue weighted by atomic mass is 9.79. The van der Waals surface area contributed by atoms with Crippen molar-refractivity contribution in [1.29, 1.82) is 0 Å². The largest absolute Gasteiger partial charge is 0.219 e. The van der Waals surface area contributed by atoms with Crippen LogP contribution in [0.3, 0.4) is 0 Å². The minimum absolute atomic E-state index is 0.160. The Labute approximate surface area is 159 Å². The molecule has 2 aromatic carbocycles. The van der Waals surface area contributed by atoms with Crippen molar-refractivity contribution in [3.63, 3.8) is 0 Å². The molecule has 1 nitrogen and oxygen atoms in total. The van der Waals surface area contributed by atoms with Crippen LogP contribution in [0.25, 0.3) is 11.1 Å². The highest BCUT2D eigenvalue weighted by Gasteiger charge is 2.38. The predicted octanol–water partition coefficient (Wildman–Crippen LogP) is 5.86. The molecule has 0 amide bonds. The third kappa shape index (κ3) is 2.58. The van der Waals surface area contributed by atoms with Gasteiger partial charge in [0.25, 0.3) is 0 Å². The summed E-state index contributed by atoms with van der Waals surface area (Å²) in [5.41, 5.74) is 6.30. The number of nitrogens with zero attached hydrogens (tertiary/aromatic N) is 1. The monoisotopic (exact) mass is 447 g/mol. The van der Waals surface area contributed by atoms with Crippen LogP contribution in [0.4, 0.5) is 8.78 Å². The summed E-state index contributed by atoms with van der Waals surface area (Å²) >= 11 is 2.36. The number of benzene rings is 2. The molecular formula is C21H16F2IN. The van der Waals surface area contributed by atoms with E-state index in [2.05, 4.69) is 77.8 Å². The molecule has 4 rings (SSSR count). The smallest absolute Gasteiger partial charge is 0.190 e. The summed E-state index contributed by atoms with van der Waals surface area (Å²) in [5, 5.41) is 0. The molecule has 0 fully saturated rings. The quantitative estimate of drug-likeness (QED) is 0.354. The zero-order chi connectivity index (χ0) is 17.8. The van der Waals surface area contributed by atoms with Gasteiger partial charge in [0.15, 0.2) is 0 Å². The first kappa shape index (κ1) is 16.6. The zero-order valence-electron chi connectivity index (χ0n) is 13.9. The van der Waals surface area contributed by atoms with Crippen molar-refractivity contribution in [2.75, 3.05) is 0 Å². The number of hydrogen-bond donors (Lipinski definition) is 0. The topological polar surface area (TPSA) is 12.9 Å². The molecule has 0 aliphatic heterocycles. The summed E-state index contributed by atoms with van der Waals surface area (Å²) in [6.45, 7) is 4.41. The van der Waals surface area contributed by atoms with Crippen molar-refractivity contribution in [2.24, 2.45) is 0 Å². The van der Waals surface area contributed by atoms with Gasteiger partial charge < -0.3 is 0 Å². The molecule has 0 unspecified atom stereocenters. The van der Waals surface area contributed by atoms with Gasteiger partial charge in [0, 0.05) is 21.0 Å². The second-order valence-corrected chi connectivity index (χ2v) is 8.05. The molecule has 1 aliphatic rings. The maximum atomic E-state index is 14.1. The fraction of sp³-hybridized carbons (Fsp3) is 0.190. The Hall–Kier alpha value is -1.82. The Morgan fingerprint density at radius 1 is 0.960 bits per heavy atom. The summed E-state index contributed by atoms with van der Waals surface area (Å²) in [7, 11) is 0. The van der Waals surface area contributed by atoms with Crippen molar-refractivity contribution in [2.45, 2.75) is 25.7 Å². The summed E-state index contributed by atoms with van der Waals surface area (Å²) in [6.07, 6.45) is 0.399. The summed E-state index contributed by atoms with van der Waals surface area (Å²) < 4.78 is 28.4. The zero-order valence-corrected chi connectivity index (χ0v) is 16.1. The highest BCUT2D eigenvalue weighted by atomic mass is 127. The third-order valence-corrected chi connectivity index (χ3v) is 5.91. The number of pyridine rings is 1. The van der Waals surface area contributed by atoms with Crippen LogP contribution in [0.1, 0.15) is 36.1 Å². The van der Waals surface area contributed by atoms with Crippen LogP contribution in [0.15, 0.2) is 48.5 Å². The lowest BCUT2D eigenvalue weighted by Crippen LogP contribution is -2.18. The molecule has 1 aliphatic carbocycles. The van der Waals surface area contributed by atoms with Gasteiger partial charge in [-0.05, 0) is 68.6 Å². The van der Waals surface area contributed by atoms with Crippen LogP contribution in [0.5, 0.6) is 0 Å². The highest BCUT2D eigenvalue weighted by molar-refractivity contribution is 14.1. The molecule has 1 aromatic heterocycles. The fourth-order valence-electron chi connectivity index (χ4n) is 3.90. The summed E-state index contributed by atoms with van der Waals surface area (Å²) in [6, 6.07) is 15.2. The molecule has 4 heteroatoms. The highest BCUT2D eigenvalue weighted by Crippen LogP contribution is 2.51. The van der Waals surface area contributed by atoms with E-state index >= 15 is 0 Å². The molecule has 0 N–H and O–H groups in total. The van der Waals surface area contributed by atoms with E-state index in [0.717, 1.165) is 5.56 Å². The van der Waals surface area contributed by atoms with Crippen LogP contribution in [-0.4, -0.2) is 4.98 Å². The van der Waals surface area contributed by atoms with Crippen molar-refractivity contribution in [3.05, 3.63) is 86.3 Å². The molecule has 3 aromatic rings. The van der Waals surface area contributed by atoms with Crippen molar-refractivity contribution in [3.8, 4) is 11.1 Å². The van der Waals surface area contributed by atoms with Crippen LogP contribution >= 0.6 is 22.6 Å². The van der Waals surface area contributed by atoms with Gasteiger partial charge in [0.1, 0.15) is 0 Å². The van der Waals surface area contributed by atoms with Gasteiger partial charge in [0.05, 0.1) is 0 Å². The Kier molecular flexibility index (Phi) is 3.90. The van der Waals surface area contributed by atoms with Crippen LogP contribution in [0, 0.1) is 15.5 Å².